The second-order valence-electron chi connectivity index (χ2n) is 5.36. The minimum Gasteiger partial charge on any atom is -0.225 e. The molecule has 0 saturated heterocycles. The monoisotopic (exact) mass is 363 g/mol. The first-order valence-corrected chi connectivity index (χ1v) is 8.69. The molecule has 0 amide bonds. The van der Waals surface area contributed by atoms with Crippen LogP contribution in [0.25, 0.3) is 22.3 Å². The lowest BCUT2D eigenvalue weighted by atomic mass is 9.94. The van der Waals surface area contributed by atoms with Gasteiger partial charge in [-0.05, 0) is 47.0 Å². The molecule has 0 radical (unpaired) electrons. The average molecular weight is 363 g/mol. The summed E-state index contributed by atoms with van der Waals surface area (Å²) in [6, 6.07) is 12.7. The van der Waals surface area contributed by atoms with Gasteiger partial charge in [0.15, 0.2) is 11.6 Å². The van der Waals surface area contributed by atoms with Crippen molar-refractivity contribution in [2.75, 3.05) is 0 Å². The Morgan fingerprint density at radius 3 is 1.88 bits per heavy atom. The lowest BCUT2D eigenvalue weighted by Gasteiger charge is -2.14. The Labute approximate surface area is 142 Å². The molecule has 0 aliphatic carbocycles. The third-order valence-electron chi connectivity index (χ3n) is 3.70. The number of hydrogen-bond acceptors (Lipinski definition) is 2. The molecule has 2 N–H and O–H groups in total. The highest BCUT2D eigenvalue weighted by Gasteiger charge is 2.20. The van der Waals surface area contributed by atoms with E-state index in [9.17, 15) is 21.6 Å². The Balaban J connectivity index is 2.34. The van der Waals surface area contributed by atoms with Crippen LogP contribution < -0.4 is 5.14 Å². The number of rotatable bonds is 3. The van der Waals surface area contributed by atoms with Crippen LogP contribution >= 0.6 is 0 Å². The van der Waals surface area contributed by atoms with E-state index in [4.69, 9.17) is 5.14 Å². The maximum atomic E-state index is 13.8. The highest BCUT2D eigenvalue weighted by atomic mass is 32.2. The van der Waals surface area contributed by atoms with Gasteiger partial charge in [-0.3, -0.25) is 0 Å². The van der Waals surface area contributed by atoms with Crippen molar-refractivity contribution >= 4 is 10.0 Å². The molecule has 128 valence electrons. The summed E-state index contributed by atoms with van der Waals surface area (Å²) in [5.74, 6) is -2.72. The topological polar surface area (TPSA) is 60.2 Å². The third kappa shape index (κ3) is 3.42. The van der Waals surface area contributed by atoms with E-state index in [0.717, 1.165) is 12.1 Å². The number of nitrogens with two attached hydrogens (primary N) is 1. The molecule has 0 atom stereocenters. The molecule has 0 aliphatic rings. The van der Waals surface area contributed by atoms with Crippen LogP contribution in [0.3, 0.4) is 0 Å². The first-order chi connectivity index (χ1) is 11.8. The summed E-state index contributed by atoms with van der Waals surface area (Å²) < 4.78 is 64.4. The highest BCUT2D eigenvalue weighted by Crippen LogP contribution is 2.36. The van der Waals surface area contributed by atoms with Gasteiger partial charge in [-0.15, -0.1) is 0 Å². The van der Waals surface area contributed by atoms with Crippen molar-refractivity contribution in [3.05, 3.63) is 78.1 Å². The van der Waals surface area contributed by atoms with Crippen molar-refractivity contribution in [2.24, 2.45) is 5.14 Å². The normalized spacial score (nSPS) is 11.5. The Kier molecular flexibility index (Phi) is 4.36. The van der Waals surface area contributed by atoms with E-state index in [1.54, 1.807) is 6.07 Å². The SMILES string of the molecule is NS(=O)(=O)c1ccccc1-c1cc(F)c(F)cc1-c1ccc(F)cc1. The van der Waals surface area contributed by atoms with Gasteiger partial charge in [0.1, 0.15) is 5.82 Å². The fourth-order valence-corrected chi connectivity index (χ4v) is 3.33. The van der Waals surface area contributed by atoms with E-state index in [0.29, 0.717) is 5.56 Å². The molecule has 0 spiro atoms. The van der Waals surface area contributed by atoms with Gasteiger partial charge in [-0.2, -0.15) is 0 Å². The largest absolute Gasteiger partial charge is 0.238 e. The smallest absolute Gasteiger partial charge is 0.225 e. The van der Waals surface area contributed by atoms with Crippen LogP contribution in [0.4, 0.5) is 13.2 Å². The molecular weight excluding hydrogens is 351 g/mol. The molecule has 25 heavy (non-hydrogen) atoms. The first-order valence-electron chi connectivity index (χ1n) is 7.14. The Bertz CT molecular complexity index is 1050. The van der Waals surface area contributed by atoms with Crippen molar-refractivity contribution in [3.63, 3.8) is 0 Å². The quantitative estimate of drug-likeness (QED) is 0.762. The zero-order valence-electron chi connectivity index (χ0n) is 12.7. The number of benzene rings is 3. The van der Waals surface area contributed by atoms with Gasteiger partial charge in [-0.25, -0.2) is 26.7 Å². The summed E-state index contributed by atoms with van der Waals surface area (Å²) in [6.45, 7) is 0. The van der Waals surface area contributed by atoms with E-state index in [-0.39, 0.29) is 21.6 Å². The second kappa shape index (κ2) is 6.34. The van der Waals surface area contributed by atoms with Gasteiger partial charge >= 0.3 is 0 Å². The van der Waals surface area contributed by atoms with Crippen molar-refractivity contribution < 1.29 is 21.6 Å². The Hall–Kier alpha value is -2.64. The van der Waals surface area contributed by atoms with Crippen LogP contribution in [0.2, 0.25) is 0 Å². The predicted octanol–water partition coefficient (Wildman–Crippen LogP) is 4.09. The van der Waals surface area contributed by atoms with Crippen LogP contribution in [0.1, 0.15) is 0 Å². The summed E-state index contributed by atoms with van der Waals surface area (Å²) in [5, 5.41) is 5.23. The lowest BCUT2D eigenvalue weighted by Crippen LogP contribution is -2.13. The zero-order valence-corrected chi connectivity index (χ0v) is 13.5. The average Bonchev–Trinajstić information content (AvgIpc) is 2.57. The molecule has 0 unspecified atom stereocenters. The molecular formula is C18H12F3NO2S. The molecule has 3 rings (SSSR count). The lowest BCUT2D eigenvalue weighted by molar-refractivity contribution is 0.509. The van der Waals surface area contributed by atoms with E-state index >= 15 is 0 Å². The van der Waals surface area contributed by atoms with Crippen molar-refractivity contribution in [1.82, 2.24) is 0 Å². The van der Waals surface area contributed by atoms with Gasteiger partial charge in [0, 0.05) is 5.56 Å². The summed E-state index contributed by atoms with van der Waals surface area (Å²) in [5.41, 5.74) is 0.882. The van der Waals surface area contributed by atoms with Crippen LogP contribution in [-0.2, 0) is 10.0 Å². The number of primary sulfonamides is 1. The van der Waals surface area contributed by atoms with Gasteiger partial charge in [0.25, 0.3) is 0 Å². The second-order valence-corrected chi connectivity index (χ2v) is 6.89. The van der Waals surface area contributed by atoms with E-state index < -0.39 is 27.5 Å². The summed E-state index contributed by atoms with van der Waals surface area (Å²) in [7, 11) is -4.09. The fourth-order valence-electron chi connectivity index (χ4n) is 2.58. The van der Waals surface area contributed by atoms with Gasteiger partial charge in [0.05, 0.1) is 4.90 Å². The van der Waals surface area contributed by atoms with Crippen LogP contribution in [0.5, 0.6) is 0 Å². The molecule has 0 bridgehead atoms. The fraction of sp³-hybridized carbons (Fsp3) is 0. The number of sulfonamides is 1. The molecule has 3 aromatic carbocycles. The summed E-state index contributed by atoms with van der Waals surface area (Å²) >= 11 is 0. The molecule has 0 saturated carbocycles. The Morgan fingerprint density at radius 1 is 0.720 bits per heavy atom. The van der Waals surface area contributed by atoms with Crippen molar-refractivity contribution in [1.29, 1.82) is 0 Å². The molecule has 3 nitrogen and oxygen atoms in total. The zero-order chi connectivity index (χ0) is 18.2. The maximum Gasteiger partial charge on any atom is 0.238 e. The molecule has 0 aromatic heterocycles. The predicted molar refractivity (Wildman–Crippen MR) is 88.6 cm³/mol. The molecule has 0 fully saturated rings. The molecule has 0 heterocycles. The third-order valence-corrected chi connectivity index (χ3v) is 4.67. The number of hydrogen-bond donors (Lipinski definition) is 1. The Morgan fingerprint density at radius 2 is 1.28 bits per heavy atom. The first kappa shape index (κ1) is 17.2. The van der Waals surface area contributed by atoms with Gasteiger partial charge in [0.2, 0.25) is 10.0 Å². The van der Waals surface area contributed by atoms with Crippen LogP contribution in [0.15, 0.2) is 65.6 Å². The van der Waals surface area contributed by atoms with E-state index in [1.807, 2.05) is 0 Å². The summed E-state index contributed by atoms with van der Waals surface area (Å²) in [6.07, 6.45) is 0. The minimum atomic E-state index is -4.09. The van der Waals surface area contributed by atoms with Crippen molar-refractivity contribution in [2.45, 2.75) is 4.90 Å². The van der Waals surface area contributed by atoms with Crippen LogP contribution in [-0.4, -0.2) is 8.42 Å². The highest BCUT2D eigenvalue weighted by molar-refractivity contribution is 7.89. The van der Waals surface area contributed by atoms with Gasteiger partial charge in [-0.1, -0.05) is 30.3 Å². The molecule has 3 aromatic rings. The van der Waals surface area contributed by atoms with E-state index in [2.05, 4.69) is 0 Å². The maximum absolute atomic E-state index is 13.8. The molecule has 7 heteroatoms. The standard InChI is InChI=1S/C18H12F3NO2S/c19-12-7-5-11(6-8-12)14-9-16(20)17(21)10-15(14)13-3-1-2-4-18(13)25(22,23)24/h1-10H,(H2,22,23,24). The molecule has 0 aliphatic heterocycles. The van der Waals surface area contributed by atoms with Crippen LogP contribution in [0, 0.1) is 17.5 Å². The summed E-state index contributed by atoms with van der Waals surface area (Å²) in [4.78, 5) is -0.218. The van der Waals surface area contributed by atoms with Crippen molar-refractivity contribution in [3.8, 4) is 22.3 Å². The minimum absolute atomic E-state index is 0.128. The van der Waals surface area contributed by atoms with E-state index in [1.165, 1.54) is 42.5 Å². The van der Waals surface area contributed by atoms with Gasteiger partial charge < -0.3 is 0 Å². The number of halogens is 3.